The highest BCUT2D eigenvalue weighted by atomic mass is 16.5. The number of hydrogen-bond donors (Lipinski definition) is 1. The average Bonchev–Trinajstić information content (AvgIpc) is 2.37. The summed E-state index contributed by atoms with van der Waals surface area (Å²) in [5, 5.41) is 0. The van der Waals surface area contributed by atoms with Crippen LogP contribution < -0.4 is 5.73 Å². The summed E-state index contributed by atoms with van der Waals surface area (Å²) in [7, 11) is 0. The Balaban J connectivity index is 1.83. The number of carbonyl (C=O) groups excluding carboxylic acids is 1. The van der Waals surface area contributed by atoms with Gasteiger partial charge in [-0.05, 0) is 24.1 Å². The highest BCUT2D eigenvalue weighted by Crippen LogP contribution is 2.10. The van der Waals surface area contributed by atoms with Crippen LogP contribution >= 0.6 is 0 Å². The van der Waals surface area contributed by atoms with E-state index in [0.717, 1.165) is 30.8 Å². The van der Waals surface area contributed by atoms with Gasteiger partial charge in [0.2, 0.25) is 5.91 Å². The lowest BCUT2D eigenvalue weighted by Crippen LogP contribution is -2.40. The van der Waals surface area contributed by atoms with Crippen LogP contribution in [0.15, 0.2) is 24.3 Å². The Morgan fingerprint density at radius 1 is 1.35 bits per heavy atom. The Morgan fingerprint density at radius 3 is 2.82 bits per heavy atom. The van der Waals surface area contributed by atoms with E-state index in [2.05, 4.69) is 0 Å². The summed E-state index contributed by atoms with van der Waals surface area (Å²) in [4.78, 5) is 13.8. The monoisotopic (exact) mass is 234 g/mol. The molecule has 0 atom stereocenters. The number of ether oxygens (including phenoxy) is 1. The minimum Gasteiger partial charge on any atom is -0.399 e. The molecule has 4 nitrogen and oxygen atoms in total. The number of aryl methyl sites for hydroxylation is 1. The lowest BCUT2D eigenvalue weighted by Gasteiger charge is -2.26. The van der Waals surface area contributed by atoms with Crippen molar-refractivity contribution < 1.29 is 9.53 Å². The molecular weight excluding hydrogens is 216 g/mol. The zero-order valence-corrected chi connectivity index (χ0v) is 9.89. The third-order valence-electron chi connectivity index (χ3n) is 2.94. The van der Waals surface area contributed by atoms with Gasteiger partial charge in [0, 0.05) is 25.2 Å². The van der Waals surface area contributed by atoms with Gasteiger partial charge in [-0.3, -0.25) is 4.79 Å². The molecule has 0 bridgehead atoms. The first-order valence-electron chi connectivity index (χ1n) is 5.95. The van der Waals surface area contributed by atoms with E-state index in [1.54, 1.807) is 0 Å². The summed E-state index contributed by atoms with van der Waals surface area (Å²) >= 11 is 0. The third kappa shape index (κ3) is 3.46. The second kappa shape index (κ2) is 5.68. The quantitative estimate of drug-likeness (QED) is 0.796. The molecule has 1 aromatic carbocycles. The van der Waals surface area contributed by atoms with Crippen molar-refractivity contribution >= 4 is 11.6 Å². The van der Waals surface area contributed by atoms with Crippen LogP contribution in [0.3, 0.4) is 0 Å². The van der Waals surface area contributed by atoms with Crippen molar-refractivity contribution in [2.45, 2.75) is 12.8 Å². The summed E-state index contributed by atoms with van der Waals surface area (Å²) < 4.78 is 5.22. The normalized spacial score (nSPS) is 15.9. The van der Waals surface area contributed by atoms with E-state index < -0.39 is 0 Å². The molecule has 2 rings (SSSR count). The number of nitrogen functional groups attached to an aromatic ring is 1. The van der Waals surface area contributed by atoms with Crippen LogP contribution in [-0.2, 0) is 16.0 Å². The Hall–Kier alpha value is -1.55. The standard InChI is InChI=1S/C13H18N2O2/c14-12-3-1-2-11(10-12)4-5-13(16)15-6-8-17-9-7-15/h1-3,10H,4-9,14H2. The minimum absolute atomic E-state index is 0.204. The number of rotatable bonds is 3. The Labute approximate surface area is 101 Å². The fourth-order valence-corrected chi connectivity index (χ4v) is 1.97. The third-order valence-corrected chi connectivity index (χ3v) is 2.94. The van der Waals surface area contributed by atoms with E-state index >= 15 is 0 Å². The molecule has 1 aliphatic rings. The van der Waals surface area contributed by atoms with Gasteiger partial charge in [0.05, 0.1) is 13.2 Å². The van der Waals surface area contributed by atoms with E-state index in [4.69, 9.17) is 10.5 Å². The van der Waals surface area contributed by atoms with Crippen LogP contribution in [0, 0.1) is 0 Å². The maximum atomic E-state index is 11.9. The highest BCUT2D eigenvalue weighted by Gasteiger charge is 2.16. The zero-order chi connectivity index (χ0) is 12.1. The molecule has 1 fully saturated rings. The van der Waals surface area contributed by atoms with Gasteiger partial charge in [-0.25, -0.2) is 0 Å². The van der Waals surface area contributed by atoms with Gasteiger partial charge < -0.3 is 15.4 Å². The smallest absolute Gasteiger partial charge is 0.223 e. The van der Waals surface area contributed by atoms with Gasteiger partial charge >= 0.3 is 0 Å². The van der Waals surface area contributed by atoms with Crippen molar-refractivity contribution in [1.29, 1.82) is 0 Å². The van der Waals surface area contributed by atoms with Crippen LogP contribution in [0.25, 0.3) is 0 Å². The van der Waals surface area contributed by atoms with E-state index in [1.807, 2.05) is 29.2 Å². The topological polar surface area (TPSA) is 55.6 Å². The number of anilines is 1. The average molecular weight is 234 g/mol. The van der Waals surface area contributed by atoms with Gasteiger partial charge in [-0.1, -0.05) is 12.1 Å². The summed E-state index contributed by atoms with van der Waals surface area (Å²) in [6.07, 6.45) is 1.30. The number of nitrogens with zero attached hydrogens (tertiary/aromatic N) is 1. The van der Waals surface area contributed by atoms with Gasteiger partial charge in [0.25, 0.3) is 0 Å². The molecule has 17 heavy (non-hydrogen) atoms. The first-order chi connectivity index (χ1) is 8.25. The van der Waals surface area contributed by atoms with Crippen LogP contribution in [0.1, 0.15) is 12.0 Å². The summed E-state index contributed by atoms with van der Waals surface area (Å²) in [6.45, 7) is 2.75. The molecule has 0 saturated carbocycles. The fraction of sp³-hybridized carbons (Fsp3) is 0.462. The second-order valence-corrected chi connectivity index (χ2v) is 4.24. The second-order valence-electron chi connectivity index (χ2n) is 4.24. The maximum Gasteiger partial charge on any atom is 0.223 e. The molecule has 0 spiro atoms. The van der Waals surface area contributed by atoms with Gasteiger partial charge in [0.15, 0.2) is 0 Å². The minimum atomic E-state index is 0.204. The largest absolute Gasteiger partial charge is 0.399 e. The molecule has 2 N–H and O–H groups in total. The molecule has 1 aromatic rings. The number of morpholine rings is 1. The van der Waals surface area contributed by atoms with Crippen molar-refractivity contribution in [3.8, 4) is 0 Å². The van der Waals surface area contributed by atoms with Crippen molar-refractivity contribution in [3.05, 3.63) is 29.8 Å². The summed E-state index contributed by atoms with van der Waals surface area (Å²) in [6, 6.07) is 7.70. The SMILES string of the molecule is Nc1cccc(CCC(=O)N2CCOCC2)c1. The van der Waals surface area contributed by atoms with Crippen molar-refractivity contribution in [2.24, 2.45) is 0 Å². The van der Waals surface area contributed by atoms with Crippen molar-refractivity contribution in [2.75, 3.05) is 32.0 Å². The number of benzene rings is 1. The molecule has 92 valence electrons. The first-order valence-corrected chi connectivity index (χ1v) is 5.95. The Bertz CT molecular complexity index is 387. The predicted molar refractivity (Wildman–Crippen MR) is 66.6 cm³/mol. The van der Waals surface area contributed by atoms with Crippen LogP contribution in [0.5, 0.6) is 0 Å². The zero-order valence-electron chi connectivity index (χ0n) is 9.89. The van der Waals surface area contributed by atoms with Gasteiger partial charge in [-0.2, -0.15) is 0 Å². The number of nitrogens with two attached hydrogens (primary N) is 1. The van der Waals surface area contributed by atoms with Gasteiger partial charge in [0.1, 0.15) is 0 Å². The van der Waals surface area contributed by atoms with Crippen LogP contribution in [-0.4, -0.2) is 37.1 Å². The fourth-order valence-electron chi connectivity index (χ4n) is 1.97. The Morgan fingerprint density at radius 2 is 2.12 bits per heavy atom. The molecular formula is C13H18N2O2. The molecule has 0 aliphatic carbocycles. The number of carbonyl (C=O) groups is 1. The van der Waals surface area contributed by atoms with E-state index in [0.29, 0.717) is 19.6 Å². The van der Waals surface area contributed by atoms with Crippen LogP contribution in [0.4, 0.5) is 5.69 Å². The molecule has 1 aliphatic heterocycles. The molecule has 1 heterocycles. The first kappa shape index (κ1) is 11.9. The number of hydrogen-bond acceptors (Lipinski definition) is 3. The lowest BCUT2D eigenvalue weighted by molar-refractivity contribution is -0.135. The molecule has 4 heteroatoms. The van der Waals surface area contributed by atoms with Crippen LogP contribution in [0.2, 0.25) is 0 Å². The van der Waals surface area contributed by atoms with Crippen molar-refractivity contribution in [3.63, 3.8) is 0 Å². The van der Waals surface area contributed by atoms with E-state index in [-0.39, 0.29) is 5.91 Å². The molecule has 0 radical (unpaired) electrons. The molecule has 0 aromatic heterocycles. The highest BCUT2D eigenvalue weighted by molar-refractivity contribution is 5.76. The summed E-state index contributed by atoms with van der Waals surface area (Å²) in [5.41, 5.74) is 7.56. The molecule has 0 unspecified atom stereocenters. The van der Waals surface area contributed by atoms with E-state index in [1.165, 1.54) is 0 Å². The number of amides is 1. The maximum absolute atomic E-state index is 11.9. The lowest BCUT2D eigenvalue weighted by atomic mass is 10.1. The molecule has 1 amide bonds. The summed E-state index contributed by atoms with van der Waals surface area (Å²) in [5.74, 6) is 0.204. The van der Waals surface area contributed by atoms with Crippen molar-refractivity contribution in [1.82, 2.24) is 4.90 Å². The predicted octanol–water partition coefficient (Wildman–Crippen LogP) is 1.06. The van der Waals surface area contributed by atoms with E-state index in [9.17, 15) is 4.79 Å². The van der Waals surface area contributed by atoms with Gasteiger partial charge in [-0.15, -0.1) is 0 Å². The molecule has 1 saturated heterocycles. The Kier molecular flexibility index (Phi) is 3.98.